The Morgan fingerprint density at radius 2 is 1.70 bits per heavy atom. The Labute approximate surface area is 135 Å². The topological polar surface area (TPSA) is 62.2 Å². The van der Waals surface area contributed by atoms with Crippen LogP contribution in [0.5, 0.6) is 0 Å². The fourth-order valence-electron chi connectivity index (χ4n) is 2.92. The molecule has 1 aromatic heterocycles. The van der Waals surface area contributed by atoms with Crippen molar-refractivity contribution in [3.8, 4) is 11.1 Å². The van der Waals surface area contributed by atoms with Crippen LogP contribution in [0.3, 0.4) is 0 Å². The van der Waals surface area contributed by atoms with Crippen molar-refractivity contribution in [3.63, 3.8) is 0 Å². The first-order valence-corrected chi connectivity index (χ1v) is 7.84. The van der Waals surface area contributed by atoms with E-state index >= 15 is 0 Å². The van der Waals surface area contributed by atoms with Crippen LogP contribution in [0.25, 0.3) is 11.1 Å². The molecule has 1 aliphatic rings. The Morgan fingerprint density at radius 3 is 2.39 bits per heavy atom. The van der Waals surface area contributed by atoms with Crippen molar-refractivity contribution in [3.05, 3.63) is 66.5 Å². The van der Waals surface area contributed by atoms with E-state index in [0.717, 1.165) is 23.1 Å². The summed E-state index contributed by atoms with van der Waals surface area (Å²) < 4.78 is 0. The maximum absolute atomic E-state index is 11.3. The van der Waals surface area contributed by atoms with Gasteiger partial charge in [0, 0.05) is 25.0 Å². The molecule has 0 bridgehead atoms. The van der Waals surface area contributed by atoms with Gasteiger partial charge in [0.25, 0.3) is 0 Å². The Morgan fingerprint density at radius 1 is 1.04 bits per heavy atom. The molecule has 0 saturated carbocycles. The van der Waals surface area contributed by atoms with E-state index in [0.29, 0.717) is 13.0 Å². The van der Waals surface area contributed by atoms with Crippen molar-refractivity contribution in [1.29, 1.82) is 0 Å². The van der Waals surface area contributed by atoms with Gasteiger partial charge >= 0.3 is 5.97 Å². The number of carboxylic acids is 1. The Hall–Kier alpha value is -2.46. The molecular weight excluding hydrogens is 288 g/mol. The summed E-state index contributed by atoms with van der Waals surface area (Å²) in [4.78, 5) is 15.3. The summed E-state index contributed by atoms with van der Waals surface area (Å²) >= 11 is 0. The summed E-state index contributed by atoms with van der Waals surface area (Å²) in [5.41, 5.74) is 3.45. The van der Waals surface area contributed by atoms with Crippen LogP contribution in [0.15, 0.2) is 60.9 Å². The van der Waals surface area contributed by atoms with E-state index in [1.165, 1.54) is 0 Å². The van der Waals surface area contributed by atoms with Crippen LogP contribution in [0.4, 0.5) is 0 Å². The molecule has 2 aromatic rings. The molecule has 0 amide bonds. The van der Waals surface area contributed by atoms with Gasteiger partial charge in [-0.15, -0.1) is 0 Å². The number of aliphatic carboxylic acids is 1. The minimum Gasteiger partial charge on any atom is -0.481 e. The lowest BCUT2D eigenvalue weighted by Gasteiger charge is -2.26. The van der Waals surface area contributed by atoms with Crippen molar-refractivity contribution < 1.29 is 9.90 Å². The molecule has 0 saturated heterocycles. The number of nitrogens with zero attached hydrogens (tertiary/aromatic N) is 1. The van der Waals surface area contributed by atoms with E-state index in [2.05, 4.69) is 40.6 Å². The SMILES string of the molecule is O=C(O)[C@@H]1CC=CC[C@@H]1NCc1ccc(-c2ccncc2)cc1. The first-order valence-electron chi connectivity index (χ1n) is 7.84. The third-order valence-electron chi connectivity index (χ3n) is 4.29. The highest BCUT2D eigenvalue weighted by Gasteiger charge is 2.27. The molecule has 0 radical (unpaired) electrons. The Kier molecular flexibility index (Phi) is 4.83. The fourth-order valence-corrected chi connectivity index (χ4v) is 2.92. The van der Waals surface area contributed by atoms with Crippen molar-refractivity contribution >= 4 is 5.97 Å². The zero-order valence-electron chi connectivity index (χ0n) is 12.9. The van der Waals surface area contributed by atoms with Gasteiger partial charge in [-0.05, 0) is 41.7 Å². The third kappa shape index (κ3) is 3.85. The number of aromatic nitrogens is 1. The largest absolute Gasteiger partial charge is 0.481 e. The number of nitrogens with one attached hydrogen (secondary N) is 1. The predicted octanol–water partition coefficient (Wildman–Crippen LogP) is 3.26. The maximum Gasteiger partial charge on any atom is 0.308 e. The quantitative estimate of drug-likeness (QED) is 0.832. The van der Waals surface area contributed by atoms with Gasteiger partial charge in [-0.2, -0.15) is 0 Å². The van der Waals surface area contributed by atoms with Gasteiger partial charge in [-0.25, -0.2) is 0 Å². The van der Waals surface area contributed by atoms with Crippen molar-refractivity contribution in [2.24, 2.45) is 5.92 Å². The minimum absolute atomic E-state index is 0.00243. The summed E-state index contributed by atoms with van der Waals surface area (Å²) in [6.07, 6.45) is 8.96. The molecule has 1 aromatic carbocycles. The van der Waals surface area contributed by atoms with Gasteiger partial charge in [0.1, 0.15) is 0 Å². The second kappa shape index (κ2) is 7.20. The lowest BCUT2D eigenvalue weighted by Crippen LogP contribution is -2.40. The molecule has 2 atom stereocenters. The lowest BCUT2D eigenvalue weighted by atomic mass is 9.89. The Bertz CT molecular complexity index is 680. The predicted molar refractivity (Wildman–Crippen MR) is 89.8 cm³/mol. The number of pyridine rings is 1. The summed E-state index contributed by atoms with van der Waals surface area (Å²) in [6, 6.07) is 12.3. The molecule has 1 aliphatic carbocycles. The number of rotatable bonds is 5. The van der Waals surface area contributed by atoms with Crippen LogP contribution in [-0.2, 0) is 11.3 Å². The normalized spacial score (nSPS) is 20.3. The number of benzene rings is 1. The summed E-state index contributed by atoms with van der Waals surface area (Å²) in [6.45, 7) is 0.679. The van der Waals surface area contributed by atoms with Crippen LogP contribution in [0.1, 0.15) is 18.4 Å². The summed E-state index contributed by atoms with van der Waals surface area (Å²) in [7, 11) is 0. The molecule has 1 heterocycles. The number of carboxylic acid groups (broad SMARTS) is 1. The monoisotopic (exact) mass is 308 g/mol. The van der Waals surface area contributed by atoms with Gasteiger partial charge in [0.05, 0.1) is 5.92 Å². The highest BCUT2D eigenvalue weighted by molar-refractivity contribution is 5.71. The summed E-state index contributed by atoms with van der Waals surface area (Å²) in [5.74, 6) is -1.06. The van der Waals surface area contributed by atoms with Crippen molar-refractivity contribution in [2.75, 3.05) is 0 Å². The first kappa shape index (κ1) is 15.4. The van der Waals surface area contributed by atoms with Gasteiger partial charge in [0.15, 0.2) is 0 Å². The van der Waals surface area contributed by atoms with Gasteiger partial charge in [-0.3, -0.25) is 9.78 Å². The van der Waals surface area contributed by atoms with Gasteiger partial charge in [0.2, 0.25) is 0 Å². The molecule has 0 unspecified atom stereocenters. The van der Waals surface area contributed by atoms with Crippen molar-refractivity contribution in [2.45, 2.75) is 25.4 Å². The zero-order valence-corrected chi connectivity index (χ0v) is 12.9. The molecule has 2 N–H and O–H groups in total. The van der Waals surface area contributed by atoms with E-state index in [-0.39, 0.29) is 12.0 Å². The van der Waals surface area contributed by atoms with E-state index < -0.39 is 5.97 Å². The molecule has 0 fully saturated rings. The molecule has 4 nitrogen and oxygen atoms in total. The molecule has 0 aliphatic heterocycles. The second-order valence-corrected chi connectivity index (χ2v) is 5.81. The van der Waals surface area contributed by atoms with E-state index in [9.17, 15) is 9.90 Å². The zero-order chi connectivity index (χ0) is 16.1. The van der Waals surface area contributed by atoms with Gasteiger partial charge in [-0.1, -0.05) is 36.4 Å². The van der Waals surface area contributed by atoms with E-state index in [4.69, 9.17) is 0 Å². The number of hydrogen-bond donors (Lipinski definition) is 2. The van der Waals surface area contributed by atoms with Gasteiger partial charge < -0.3 is 10.4 Å². The van der Waals surface area contributed by atoms with Crippen LogP contribution in [0, 0.1) is 5.92 Å². The molecule has 0 spiro atoms. The number of carbonyl (C=O) groups is 1. The smallest absolute Gasteiger partial charge is 0.308 e. The average molecular weight is 308 g/mol. The Balaban J connectivity index is 1.62. The highest BCUT2D eigenvalue weighted by atomic mass is 16.4. The lowest BCUT2D eigenvalue weighted by molar-refractivity contribution is -0.142. The second-order valence-electron chi connectivity index (χ2n) is 5.81. The van der Waals surface area contributed by atoms with Crippen LogP contribution >= 0.6 is 0 Å². The standard InChI is InChI=1S/C19H20N2O2/c22-19(23)17-3-1-2-4-18(17)21-13-14-5-7-15(8-6-14)16-9-11-20-12-10-16/h1-2,5-12,17-18,21H,3-4,13H2,(H,22,23)/t17-,18+/m1/s1. The van der Waals surface area contributed by atoms with Crippen molar-refractivity contribution in [1.82, 2.24) is 10.3 Å². The van der Waals surface area contributed by atoms with Crippen LogP contribution in [-0.4, -0.2) is 22.1 Å². The van der Waals surface area contributed by atoms with Crippen LogP contribution < -0.4 is 5.32 Å². The molecule has 3 rings (SSSR count). The molecular formula is C19H20N2O2. The molecule has 118 valence electrons. The molecule has 23 heavy (non-hydrogen) atoms. The summed E-state index contributed by atoms with van der Waals surface area (Å²) in [5, 5.41) is 12.7. The average Bonchev–Trinajstić information content (AvgIpc) is 2.61. The number of hydrogen-bond acceptors (Lipinski definition) is 3. The minimum atomic E-state index is -0.722. The van der Waals surface area contributed by atoms with E-state index in [1.54, 1.807) is 12.4 Å². The highest BCUT2D eigenvalue weighted by Crippen LogP contribution is 2.21. The fraction of sp³-hybridized carbons (Fsp3) is 0.263. The third-order valence-corrected chi connectivity index (χ3v) is 4.29. The first-order chi connectivity index (χ1) is 11.2. The maximum atomic E-state index is 11.3. The van der Waals surface area contributed by atoms with E-state index in [1.807, 2.05) is 18.2 Å². The number of allylic oxidation sites excluding steroid dienone is 1. The molecule has 4 heteroatoms. The van der Waals surface area contributed by atoms with Crippen LogP contribution in [0.2, 0.25) is 0 Å².